The molecule has 0 aliphatic rings. The van der Waals surface area contributed by atoms with Gasteiger partial charge in [-0.25, -0.2) is 4.21 Å². The molecule has 6 heteroatoms. The Labute approximate surface area is 34.3 Å². The first kappa shape index (κ1) is 5.90. The zero-order valence-corrected chi connectivity index (χ0v) is 3.21. The fraction of sp³-hybridized carbons (Fsp3) is 0. The van der Waals surface area contributed by atoms with Crippen molar-refractivity contribution in [1.29, 1.82) is 0 Å². The molecular formula is F3NOS. The van der Waals surface area contributed by atoms with Gasteiger partial charge in [0.1, 0.15) is 4.75 Å². The predicted molar refractivity (Wildman–Crippen MR) is 13.3 cm³/mol. The first-order chi connectivity index (χ1) is 2.64. The van der Waals surface area contributed by atoms with Gasteiger partial charge < -0.3 is 0 Å². The Morgan fingerprint density at radius 3 is 1.67 bits per heavy atom. The van der Waals surface area contributed by atoms with Gasteiger partial charge in [0.05, 0.1) is 0 Å². The van der Waals surface area contributed by atoms with Gasteiger partial charge in [0.15, 0.2) is 0 Å². The van der Waals surface area contributed by atoms with Crippen LogP contribution in [0.25, 0.3) is 0 Å². The van der Waals surface area contributed by atoms with Crippen LogP contribution < -0.4 is 0 Å². The van der Waals surface area contributed by atoms with Gasteiger partial charge in [-0.2, -0.15) is 0 Å². The van der Waals surface area contributed by atoms with Crippen LogP contribution in [0.5, 0.6) is 0 Å². The zero-order valence-electron chi connectivity index (χ0n) is 2.40. The molecule has 6 heavy (non-hydrogen) atoms. The highest BCUT2D eigenvalue weighted by atomic mass is 32.2. The lowest BCUT2D eigenvalue weighted by molar-refractivity contribution is -0.0518. The summed E-state index contributed by atoms with van der Waals surface area (Å²) in [5.74, 6) is 0. The van der Waals surface area contributed by atoms with Crippen molar-refractivity contribution in [3.63, 3.8) is 0 Å². The van der Waals surface area contributed by atoms with E-state index >= 15 is 0 Å². The van der Waals surface area contributed by atoms with Crippen molar-refractivity contribution in [3.8, 4) is 0 Å². The second-order valence-corrected chi connectivity index (χ2v) is 1.10. The maximum atomic E-state index is 10.5. The van der Waals surface area contributed by atoms with Crippen molar-refractivity contribution in [2.45, 2.75) is 0 Å². The van der Waals surface area contributed by atoms with Gasteiger partial charge in [0, 0.05) is 0 Å². The summed E-state index contributed by atoms with van der Waals surface area (Å²) in [5, 5.41) is 0. The van der Waals surface area contributed by atoms with E-state index in [9.17, 15) is 12.8 Å². The molecule has 0 amide bonds. The highest BCUT2D eigenvalue weighted by Crippen LogP contribution is 1.94. The molecule has 2 nitrogen and oxygen atoms in total. The first-order valence-electron chi connectivity index (χ1n) is 0.842. The van der Waals surface area contributed by atoms with Crippen molar-refractivity contribution in [3.05, 3.63) is 0 Å². The van der Waals surface area contributed by atoms with E-state index < -0.39 is 16.1 Å². The van der Waals surface area contributed by atoms with Crippen LogP contribution in [0, 0.1) is 0 Å². The molecule has 0 spiro atoms. The van der Waals surface area contributed by atoms with Crippen LogP contribution in [0.3, 0.4) is 0 Å². The maximum absolute atomic E-state index is 10.5. The van der Waals surface area contributed by atoms with Gasteiger partial charge in [0.25, 0.3) is 0 Å². The Kier molecular flexibility index (Phi) is 2.11. The van der Waals surface area contributed by atoms with Crippen LogP contribution in [-0.4, -0.2) is 8.96 Å². The topological polar surface area (TPSA) is 20.3 Å². The van der Waals surface area contributed by atoms with Crippen LogP contribution in [0.1, 0.15) is 0 Å². The molecule has 0 saturated heterocycles. The summed E-state index contributed by atoms with van der Waals surface area (Å²) in [6.45, 7) is 0. The van der Waals surface area contributed by atoms with Gasteiger partial charge in [-0.3, -0.25) is 0 Å². The molecule has 0 aliphatic heterocycles. The Balaban J connectivity index is 3.26. The van der Waals surface area contributed by atoms with E-state index in [1.165, 1.54) is 0 Å². The molecule has 0 heterocycles. The maximum Gasteiger partial charge on any atom is 0.336 e. The van der Waals surface area contributed by atoms with Gasteiger partial charge >= 0.3 is 11.4 Å². The van der Waals surface area contributed by atoms with Crippen molar-refractivity contribution in [2.75, 3.05) is 0 Å². The highest BCUT2D eigenvalue weighted by molar-refractivity contribution is 7.76. The van der Waals surface area contributed by atoms with Crippen LogP contribution in [0.2, 0.25) is 0 Å². The van der Waals surface area contributed by atoms with E-state index in [1.54, 1.807) is 0 Å². The highest BCUT2D eigenvalue weighted by Gasteiger charge is 2.05. The molecule has 0 saturated carbocycles. The van der Waals surface area contributed by atoms with Gasteiger partial charge in [0.2, 0.25) is 0 Å². The predicted octanol–water partition coefficient (Wildman–Crippen LogP) is 0.606. The van der Waals surface area contributed by atoms with E-state index in [0.29, 0.717) is 0 Å². The molecule has 0 bridgehead atoms. The van der Waals surface area contributed by atoms with E-state index in [-0.39, 0.29) is 0 Å². The van der Waals surface area contributed by atoms with Gasteiger partial charge in [-0.15, -0.1) is 3.89 Å². The van der Waals surface area contributed by atoms with Crippen molar-refractivity contribution < 1.29 is 17.1 Å². The minimum Gasteiger partial charge on any atom is -0.201 e. The van der Waals surface area contributed by atoms with E-state index in [4.69, 9.17) is 4.21 Å². The summed E-state index contributed by atoms with van der Waals surface area (Å²) in [7, 11) is 0. The molecule has 38 valence electrons. The number of nitrogens with zero attached hydrogens (tertiary/aromatic N) is 1. The first-order valence-corrected chi connectivity index (χ1v) is 1.85. The minimum absolute atomic E-state index is 2.03. The Hall–Kier alpha value is -0.100. The fourth-order valence-electron chi connectivity index (χ4n) is 0. The van der Waals surface area contributed by atoms with Crippen LogP contribution in [0.15, 0.2) is 0 Å². The standard InChI is InChI=1S/F3NOS/c1-4(2)6(3)5. The van der Waals surface area contributed by atoms with Gasteiger partial charge in [-0.05, 0) is 0 Å². The third-order valence-corrected chi connectivity index (χ3v) is 0.326. The van der Waals surface area contributed by atoms with Gasteiger partial charge in [-0.1, -0.05) is 8.96 Å². The molecule has 0 rings (SSSR count). The van der Waals surface area contributed by atoms with E-state index in [0.717, 1.165) is 0 Å². The van der Waals surface area contributed by atoms with Crippen LogP contribution in [-0.2, 0) is 11.4 Å². The van der Waals surface area contributed by atoms with E-state index in [2.05, 4.69) is 0 Å². The third-order valence-electron chi connectivity index (χ3n) is 0.109. The smallest absolute Gasteiger partial charge is 0.201 e. The van der Waals surface area contributed by atoms with E-state index in [1.807, 2.05) is 0 Å². The second-order valence-electron chi connectivity index (χ2n) is 0.408. The largest absolute Gasteiger partial charge is 0.336 e. The Morgan fingerprint density at radius 2 is 1.67 bits per heavy atom. The summed E-state index contributed by atoms with van der Waals surface area (Å²) in [4.78, 5) is 0. The Bertz CT molecular complexity index is 61.8. The number of hydrogen-bond acceptors (Lipinski definition) is 1. The summed E-state index contributed by atoms with van der Waals surface area (Å²) in [6, 6.07) is 0. The average Bonchev–Trinajstić information content (AvgIpc) is 1.36. The molecule has 0 aromatic heterocycles. The molecule has 0 aliphatic carbocycles. The number of hydrogen-bond donors (Lipinski definition) is 0. The lowest BCUT2D eigenvalue weighted by Crippen LogP contribution is -1.96. The molecule has 0 N–H and O–H groups in total. The SMILES string of the molecule is O=S(F)N(F)F. The minimum atomic E-state index is -3.62. The normalized spacial score (nSPS) is 15.3. The summed E-state index contributed by atoms with van der Waals surface area (Å²) in [5.41, 5.74) is 0. The number of rotatable bonds is 1. The second kappa shape index (κ2) is 2.14. The molecule has 1 atom stereocenters. The Morgan fingerprint density at radius 1 is 1.50 bits per heavy atom. The third kappa shape index (κ3) is 2.16. The van der Waals surface area contributed by atoms with Crippen molar-refractivity contribution >= 4 is 11.4 Å². The molecular weight excluding hydrogens is 119 g/mol. The summed E-state index contributed by atoms with van der Waals surface area (Å²) >= 11 is -3.62. The summed E-state index contributed by atoms with van der Waals surface area (Å²) in [6.07, 6.45) is 0. The fourth-order valence-corrected chi connectivity index (χ4v) is 0. The molecule has 1 unspecified atom stereocenters. The molecule has 0 aromatic rings. The number of halogens is 3. The zero-order chi connectivity index (χ0) is 5.15. The monoisotopic (exact) mass is 119 g/mol. The van der Waals surface area contributed by atoms with Crippen LogP contribution >= 0.6 is 0 Å². The average molecular weight is 119 g/mol. The van der Waals surface area contributed by atoms with Crippen molar-refractivity contribution in [1.82, 2.24) is 4.75 Å². The molecule has 0 radical (unpaired) electrons. The van der Waals surface area contributed by atoms with Crippen LogP contribution in [0.4, 0.5) is 12.8 Å². The molecule has 0 aromatic carbocycles. The lowest BCUT2D eigenvalue weighted by atomic mass is 13.6. The lowest BCUT2D eigenvalue weighted by Gasteiger charge is -1.81. The van der Waals surface area contributed by atoms with Crippen molar-refractivity contribution in [2.24, 2.45) is 0 Å². The summed E-state index contributed by atoms with van der Waals surface area (Å²) < 4.78 is 37.8. The quantitative estimate of drug-likeness (QED) is 0.365. The molecule has 0 fully saturated rings.